The van der Waals surface area contributed by atoms with E-state index in [4.69, 9.17) is 16.0 Å². The van der Waals surface area contributed by atoms with E-state index >= 15 is 0 Å². The van der Waals surface area contributed by atoms with Gasteiger partial charge in [-0.05, 0) is 37.1 Å². The number of carbonyl (C=O) groups is 3. The third-order valence-corrected chi connectivity index (χ3v) is 5.10. The van der Waals surface area contributed by atoms with Crippen molar-refractivity contribution in [2.75, 3.05) is 13.1 Å². The van der Waals surface area contributed by atoms with Gasteiger partial charge in [0, 0.05) is 42.1 Å². The van der Waals surface area contributed by atoms with Crippen molar-refractivity contribution >= 4 is 29.3 Å². The number of rotatable bonds is 5. The number of furan rings is 1. The van der Waals surface area contributed by atoms with Gasteiger partial charge in [-0.3, -0.25) is 9.59 Å². The van der Waals surface area contributed by atoms with Crippen LogP contribution in [0.5, 0.6) is 0 Å². The first kappa shape index (κ1) is 19.2. The van der Waals surface area contributed by atoms with Gasteiger partial charge in [-0.1, -0.05) is 18.5 Å². The number of aromatic carboxylic acids is 1. The third-order valence-electron chi connectivity index (χ3n) is 4.85. The molecule has 0 radical (unpaired) electrons. The van der Waals surface area contributed by atoms with E-state index < -0.39 is 5.97 Å². The summed E-state index contributed by atoms with van der Waals surface area (Å²) < 4.78 is 5.44. The van der Waals surface area contributed by atoms with Crippen LogP contribution in [0.4, 0.5) is 0 Å². The smallest absolute Gasteiger partial charge is 0.339 e. The van der Waals surface area contributed by atoms with E-state index in [-0.39, 0.29) is 28.9 Å². The maximum Gasteiger partial charge on any atom is 0.339 e. The summed E-state index contributed by atoms with van der Waals surface area (Å²) in [7, 11) is 0. The molecule has 142 valence electrons. The van der Waals surface area contributed by atoms with Crippen molar-refractivity contribution in [3.63, 3.8) is 0 Å². The number of Topliss-reactive ketones (excluding diaryl/α,β-unsaturated/α-hetero) is 1. The van der Waals surface area contributed by atoms with E-state index in [1.165, 1.54) is 6.07 Å². The number of carbonyl (C=O) groups excluding carboxylic acids is 2. The molecule has 1 N–H and O–H groups in total. The number of carboxylic acids is 1. The number of hydrogen-bond donors (Lipinski definition) is 1. The van der Waals surface area contributed by atoms with E-state index in [1.807, 2.05) is 0 Å². The molecule has 1 aromatic carbocycles. The molecule has 1 saturated heterocycles. The number of likely N-dealkylation sites (tertiary alicyclic amines) is 1. The summed E-state index contributed by atoms with van der Waals surface area (Å²) in [6.07, 6.45) is 1.51. The van der Waals surface area contributed by atoms with Gasteiger partial charge in [0.2, 0.25) is 0 Å². The van der Waals surface area contributed by atoms with Gasteiger partial charge in [0.25, 0.3) is 5.91 Å². The first-order valence-electron chi connectivity index (χ1n) is 8.85. The van der Waals surface area contributed by atoms with Gasteiger partial charge in [-0.25, -0.2) is 4.79 Å². The fraction of sp³-hybridized carbons (Fsp3) is 0.350. The maximum absolute atomic E-state index is 12.6. The molecular formula is C20H20ClNO5. The highest BCUT2D eigenvalue weighted by molar-refractivity contribution is 6.30. The molecule has 3 rings (SSSR count). The van der Waals surface area contributed by atoms with Crippen LogP contribution in [0, 0.1) is 5.92 Å². The van der Waals surface area contributed by atoms with Crippen molar-refractivity contribution in [3.8, 4) is 0 Å². The largest absolute Gasteiger partial charge is 0.478 e. The van der Waals surface area contributed by atoms with E-state index in [1.54, 1.807) is 36.1 Å². The number of carboxylic acid groups (broad SMARTS) is 1. The Morgan fingerprint density at radius 1 is 1.19 bits per heavy atom. The van der Waals surface area contributed by atoms with E-state index in [0.29, 0.717) is 48.7 Å². The standard InChI is InChI=1S/C20H20ClNO5/c1-2-16-15(20(25)26)11-17(27-16)19(24)22-9-7-13(8-10-22)18(23)12-3-5-14(21)6-4-12/h3-6,11,13H,2,7-10H2,1H3,(H,25,26). The Bertz CT molecular complexity index is 863. The molecule has 0 aliphatic carbocycles. The van der Waals surface area contributed by atoms with Crippen molar-refractivity contribution in [2.45, 2.75) is 26.2 Å². The number of halogens is 1. The van der Waals surface area contributed by atoms with E-state index in [9.17, 15) is 19.5 Å². The molecule has 0 atom stereocenters. The first-order valence-corrected chi connectivity index (χ1v) is 9.23. The molecule has 0 unspecified atom stereocenters. The number of amides is 1. The number of piperidine rings is 1. The number of benzene rings is 1. The van der Waals surface area contributed by atoms with Crippen LogP contribution < -0.4 is 0 Å². The summed E-state index contributed by atoms with van der Waals surface area (Å²) in [5, 5.41) is 9.77. The minimum atomic E-state index is -1.11. The molecule has 0 spiro atoms. The summed E-state index contributed by atoms with van der Waals surface area (Å²) in [4.78, 5) is 38.1. The second-order valence-corrected chi connectivity index (χ2v) is 6.98. The van der Waals surface area contributed by atoms with Crippen molar-refractivity contribution in [3.05, 3.63) is 58.0 Å². The number of nitrogens with zero attached hydrogens (tertiary/aromatic N) is 1. The Labute approximate surface area is 161 Å². The van der Waals surface area contributed by atoms with Crippen LogP contribution in [0.1, 0.15) is 56.8 Å². The zero-order valence-electron chi connectivity index (χ0n) is 14.9. The predicted molar refractivity (Wildman–Crippen MR) is 99.5 cm³/mol. The van der Waals surface area contributed by atoms with E-state index in [0.717, 1.165) is 0 Å². The highest BCUT2D eigenvalue weighted by Gasteiger charge is 2.30. The lowest BCUT2D eigenvalue weighted by atomic mass is 9.89. The van der Waals surface area contributed by atoms with Crippen LogP contribution in [-0.4, -0.2) is 40.8 Å². The lowest BCUT2D eigenvalue weighted by Crippen LogP contribution is -2.40. The molecule has 0 saturated carbocycles. The van der Waals surface area contributed by atoms with Crippen LogP contribution in [0.25, 0.3) is 0 Å². The molecule has 2 heterocycles. The van der Waals surface area contributed by atoms with Gasteiger partial charge in [-0.2, -0.15) is 0 Å². The minimum absolute atomic E-state index is 0.0219. The molecule has 0 bridgehead atoms. The second-order valence-electron chi connectivity index (χ2n) is 6.54. The summed E-state index contributed by atoms with van der Waals surface area (Å²) in [5.41, 5.74) is 0.641. The Hall–Kier alpha value is -2.60. The fourth-order valence-electron chi connectivity index (χ4n) is 3.33. The first-order chi connectivity index (χ1) is 12.9. The highest BCUT2D eigenvalue weighted by atomic mass is 35.5. The molecule has 1 aliphatic rings. The number of hydrogen-bond acceptors (Lipinski definition) is 4. The van der Waals surface area contributed by atoms with Crippen LogP contribution >= 0.6 is 11.6 Å². The van der Waals surface area contributed by atoms with Gasteiger partial charge >= 0.3 is 5.97 Å². The molecule has 2 aromatic rings. The van der Waals surface area contributed by atoms with Gasteiger partial charge in [0.05, 0.1) is 0 Å². The number of ketones is 1. The molecule has 1 amide bonds. The Morgan fingerprint density at radius 3 is 2.33 bits per heavy atom. The monoisotopic (exact) mass is 389 g/mol. The minimum Gasteiger partial charge on any atom is -0.478 e. The van der Waals surface area contributed by atoms with Crippen molar-refractivity contribution in [1.82, 2.24) is 4.90 Å². The zero-order chi connectivity index (χ0) is 19.6. The van der Waals surface area contributed by atoms with Crippen LogP contribution in [-0.2, 0) is 6.42 Å². The Morgan fingerprint density at radius 2 is 1.81 bits per heavy atom. The lowest BCUT2D eigenvalue weighted by molar-refractivity contribution is 0.0622. The Balaban J connectivity index is 1.65. The van der Waals surface area contributed by atoms with Crippen LogP contribution in [0.15, 0.2) is 34.7 Å². The molecular weight excluding hydrogens is 370 g/mol. The Kier molecular flexibility index (Phi) is 5.65. The summed E-state index contributed by atoms with van der Waals surface area (Å²) in [5.74, 6) is -1.22. The van der Waals surface area contributed by atoms with Crippen molar-refractivity contribution in [2.24, 2.45) is 5.92 Å². The van der Waals surface area contributed by atoms with Gasteiger partial charge in [0.1, 0.15) is 11.3 Å². The second kappa shape index (κ2) is 7.96. The zero-order valence-corrected chi connectivity index (χ0v) is 15.7. The van der Waals surface area contributed by atoms with Gasteiger partial charge < -0.3 is 14.4 Å². The van der Waals surface area contributed by atoms with Gasteiger partial charge in [-0.15, -0.1) is 0 Å². The number of aryl methyl sites for hydroxylation is 1. The molecule has 1 fully saturated rings. The molecule has 1 aliphatic heterocycles. The quantitative estimate of drug-likeness (QED) is 0.783. The average molecular weight is 390 g/mol. The normalized spacial score (nSPS) is 15.0. The molecule has 1 aromatic heterocycles. The molecule has 27 heavy (non-hydrogen) atoms. The van der Waals surface area contributed by atoms with E-state index in [2.05, 4.69) is 0 Å². The SMILES string of the molecule is CCc1oc(C(=O)N2CCC(C(=O)c3ccc(Cl)cc3)CC2)cc1C(=O)O. The van der Waals surface area contributed by atoms with Crippen LogP contribution in [0.3, 0.4) is 0 Å². The molecule has 7 heteroatoms. The molecule has 6 nitrogen and oxygen atoms in total. The topological polar surface area (TPSA) is 87.8 Å². The van der Waals surface area contributed by atoms with Crippen LogP contribution in [0.2, 0.25) is 5.02 Å². The average Bonchev–Trinajstić information content (AvgIpc) is 3.12. The summed E-state index contributed by atoms with van der Waals surface area (Å²) >= 11 is 5.86. The van der Waals surface area contributed by atoms with Gasteiger partial charge in [0.15, 0.2) is 11.5 Å². The van der Waals surface area contributed by atoms with Crippen molar-refractivity contribution in [1.29, 1.82) is 0 Å². The summed E-state index contributed by atoms with van der Waals surface area (Å²) in [6.45, 7) is 2.62. The fourth-order valence-corrected chi connectivity index (χ4v) is 3.45. The highest BCUT2D eigenvalue weighted by Crippen LogP contribution is 2.25. The maximum atomic E-state index is 12.6. The third kappa shape index (κ3) is 4.06. The summed E-state index contributed by atoms with van der Waals surface area (Å²) in [6, 6.07) is 8.09. The van der Waals surface area contributed by atoms with Crippen molar-refractivity contribution < 1.29 is 23.9 Å². The predicted octanol–water partition coefficient (Wildman–Crippen LogP) is 3.93. The lowest BCUT2D eigenvalue weighted by Gasteiger charge is -2.30.